The van der Waals surface area contributed by atoms with E-state index in [9.17, 15) is 13.2 Å². The molecule has 1 atom stereocenters. The molecule has 0 aliphatic heterocycles. The summed E-state index contributed by atoms with van der Waals surface area (Å²) in [5.41, 5.74) is 0.512. The predicted octanol–water partition coefficient (Wildman–Crippen LogP) is 2.23. The third-order valence-electron chi connectivity index (χ3n) is 3.52. The quantitative estimate of drug-likeness (QED) is 0.867. The maximum absolute atomic E-state index is 12.2. The number of allylic oxidation sites excluding steroid dienone is 2. The highest BCUT2D eigenvalue weighted by Crippen LogP contribution is 2.22. The van der Waals surface area contributed by atoms with E-state index in [0.717, 1.165) is 23.6 Å². The van der Waals surface area contributed by atoms with E-state index in [2.05, 4.69) is 11.4 Å². The van der Waals surface area contributed by atoms with Crippen molar-refractivity contribution in [1.82, 2.24) is 4.31 Å². The number of nitrogens with one attached hydrogen (secondary N) is 1. The molecule has 1 aliphatic carbocycles. The number of hydrogen-bond acceptors (Lipinski definition) is 3. The summed E-state index contributed by atoms with van der Waals surface area (Å²) >= 11 is 0. The van der Waals surface area contributed by atoms with E-state index in [1.165, 1.54) is 26.2 Å². The second kappa shape index (κ2) is 6.41. The van der Waals surface area contributed by atoms with Crippen LogP contribution in [0.15, 0.2) is 41.3 Å². The van der Waals surface area contributed by atoms with Crippen LogP contribution < -0.4 is 5.32 Å². The standard InChI is InChI=1S/C15H20N2O3S/c1-17(2)21(19,20)14-10-6-9-13(11-14)16-15(18)12-7-4-3-5-8-12/h3-4,6,9-12H,5,7-8H2,1-2H3,(H,16,18). The molecule has 0 bridgehead atoms. The number of hydrogen-bond donors (Lipinski definition) is 1. The first kappa shape index (κ1) is 15.7. The van der Waals surface area contributed by atoms with Crippen molar-refractivity contribution in [3.05, 3.63) is 36.4 Å². The Balaban J connectivity index is 2.15. The van der Waals surface area contributed by atoms with Crippen molar-refractivity contribution < 1.29 is 13.2 Å². The van der Waals surface area contributed by atoms with Crippen LogP contribution >= 0.6 is 0 Å². The number of nitrogens with zero attached hydrogens (tertiary/aromatic N) is 1. The minimum Gasteiger partial charge on any atom is -0.326 e. The van der Waals surface area contributed by atoms with Crippen LogP contribution in [0.2, 0.25) is 0 Å². The smallest absolute Gasteiger partial charge is 0.242 e. The van der Waals surface area contributed by atoms with Crippen LogP contribution in [0.4, 0.5) is 5.69 Å². The van der Waals surface area contributed by atoms with Crippen LogP contribution in [0, 0.1) is 5.92 Å². The zero-order valence-corrected chi connectivity index (χ0v) is 13.1. The molecule has 2 rings (SSSR count). The number of carbonyl (C=O) groups excluding carboxylic acids is 1. The topological polar surface area (TPSA) is 66.5 Å². The maximum Gasteiger partial charge on any atom is 0.242 e. The summed E-state index contributed by atoms with van der Waals surface area (Å²) in [6.45, 7) is 0. The van der Waals surface area contributed by atoms with Gasteiger partial charge in [0.2, 0.25) is 15.9 Å². The van der Waals surface area contributed by atoms with Crippen LogP contribution in [0.25, 0.3) is 0 Å². The van der Waals surface area contributed by atoms with Crippen molar-refractivity contribution in [1.29, 1.82) is 0 Å². The molecule has 5 nitrogen and oxygen atoms in total. The van der Waals surface area contributed by atoms with Gasteiger partial charge in [0.05, 0.1) is 4.90 Å². The van der Waals surface area contributed by atoms with Crippen molar-refractivity contribution in [3.8, 4) is 0 Å². The molecular weight excluding hydrogens is 288 g/mol. The lowest BCUT2D eigenvalue weighted by molar-refractivity contribution is -0.120. The molecule has 1 amide bonds. The summed E-state index contributed by atoms with van der Waals surface area (Å²) in [6.07, 6.45) is 6.57. The lowest BCUT2D eigenvalue weighted by Crippen LogP contribution is -2.24. The van der Waals surface area contributed by atoms with E-state index >= 15 is 0 Å². The fraction of sp³-hybridized carbons (Fsp3) is 0.400. The molecule has 1 aromatic rings. The lowest BCUT2D eigenvalue weighted by atomic mass is 9.93. The molecule has 6 heteroatoms. The van der Waals surface area contributed by atoms with E-state index in [4.69, 9.17) is 0 Å². The van der Waals surface area contributed by atoms with Gasteiger partial charge >= 0.3 is 0 Å². The molecule has 0 aromatic heterocycles. The molecule has 0 fully saturated rings. The summed E-state index contributed by atoms with van der Waals surface area (Å²) in [4.78, 5) is 12.3. The zero-order valence-electron chi connectivity index (χ0n) is 12.2. The molecule has 1 aromatic carbocycles. The summed E-state index contributed by atoms with van der Waals surface area (Å²) in [7, 11) is -0.527. The molecule has 1 unspecified atom stereocenters. The Kier molecular flexibility index (Phi) is 4.80. The van der Waals surface area contributed by atoms with E-state index in [1.807, 2.05) is 6.08 Å². The van der Waals surface area contributed by atoms with Gasteiger partial charge in [-0.1, -0.05) is 18.2 Å². The van der Waals surface area contributed by atoms with Crippen LogP contribution in [-0.2, 0) is 14.8 Å². The first-order chi connectivity index (χ1) is 9.91. The van der Waals surface area contributed by atoms with Gasteiger partial charge in [0.25, 0.3) is 0 Å². The lowest BCUT2D eigenvalue weighted by Gasteiger charge is -2.18. The normalized spacial score (nSPS) is 18.7. The molecule has 0 heterocycles. The molecular formula is C15H20N2O3S. The number of rotatable bonds is 4. The van der Waals surface area contributed by atoms with Gasteiger partial charge in [-0.3, -0.25) is 4.79 Å². The molecule has 0 spiro atoms. The molecule has 0 radical (unpaired) electrons. The number of carbonyl (C=O) groups is 1. The largest absolute Gasteiger partial charge is 0.326 e. The number of benzene rings is 1. The zero-order chi connectivity index (χ0) is 15.5. The van der Waals surface area contributed by atoms with Crippen LogP contribution in [0.1, 0.15) is 19.3 Å². The third kappa shape index (κ3) is 3.71. The molecule has 0 saturated heterocycles. The van der Waals surface area contributed by atoms with Gasteiger partial charge in [0.15, 0.2) is 0 Å². The Morgan fingerprint density at radius 2 is 2.05 bits per heavy atom. The highest BCUT2D eigenvalue weighted by Gasteiger charge is 2.20. The Bertz CT molecular complexity index is 651. The number of anilines is 1. The van der Waals surface area contributed by atoms with E-state index in [0.29, 0.717) is 5.69 Å². The highest BCUT2D eigenvalue weighted by atomic mass is 32.2. The minimum atomic E-state index is -3.49. The molecule has 1 N–H and O–H groups in total. The number of sulfonamides is 1. The van der Waals surface area contributed by atoms with Crippen molar-refractivity contribution in [3.63, 3.8) is 0 Å². The number of amides is 1. The second-order valence-electron chi connectivity index (χ2n) is 5.29. The van der Waals surface area contributed by atoms with E-state index in [1.54, 1.807) is 12.1 Å². The van der Waals surface area contributed by atoms with Gasteiger partial charge in [0.1, 0.15) is 0 Å². The third-order valence-corrected chi connectivity index (χ3v) is 5.33. The van der Waals surface area contributed by atoms with Gasteiger partial charge in [0, 0.05) is 25.7 Å². The summed E-state index contributed by atoms with van der Waals surface area (Å²) in [5, 5.41) is 2.81. The molecule has 0 saturated carbocycles. The Labute approximate surface area is 125 Å². The monoisotopic (exact) mass is 308 g/mol. The SMILES string of the molecule is CN(C)S(=O)(=O)c1cccc(NC(=O)C2CC=CCC2)c1. The molecule has 21 heavy (non-hydrogen) atoms. The second-order valence-corrected chi connectivity index (χ2v) is 7.44. The van der Waals surface area contributed by atoms with Crippen molar-refractivity contribution in [2.24, 2.45) is 5.92 Å². The first-order valence-corrected chi connectivity index (χ1v) is 8.34. The van der Waals surface area contributed by atoms with Gasteiger partial charge in [-0.25, -0.2) is 12.7 Å². The maximum atomic E-state index is 12.2. The summed E-state index contributed by atoms with van der Waals surface area (Å²) in [5.74, 6) is -0.0946. The Morgan fingerprint density at radius 3 is 2.67 bits per heavy atom. The predicted molar refractivity (Wildman–Crippen MR) is 82.4 cm³/mol. The molecule has 1 aliphatic rings. The summed E-state index contributed by atoms with van der Waals surface area (Å²) in [6, 6.07) is 6.35. The average molecular weight is 308 g/mol. The van der Waals surface area contributed by atoms with Crippen LogP contribution in [0.5, 0.6) is 0 Å². The Hall–Kier alpha value is -1.66. The van der Waals surface area contributed by atoms with Crippen molar-refractivity contribution in [2.75, 3.05) is 19.4 Å². The van der Waals surface area contributed by atoms with E-state index in [-0.39, 0.29) is 16.7 Å². The first-order valence-electron chi connectivity index (χ1n) is 6.89. The highest BCUT2D eigenvalue weighted by molar-refractivity contribution is 7.89. The van der Waals surface area contributed by atoms with Gasteiger partial charge in [-0.15, -0.1) is 0 Å². The van der Waals surface area contributed by atoms with E-state index < -0.39 is 10.0 Å². The minimum absolute atomic E-state index is 0.0379. The van der Waals surface area contributed by atoms with Gasteiger partial charge in [-0.2, -0.15) is 0 Å². The van der Waals surface area contributed by atoms with Gasteiger partial charge < -0.3 is 5.32 Å². The van der Waals surface area contributed by atoms with Gasteiger partial charge in [-0.05, 0) is 37.5 Å². The van der Waals surface area contributed by atoms with Crippen LogP contribution in [0.3, 0.4) is 0 Å². The average Bonchev–Trinajstić information content (AvgIpc) is 2.48. The molecule has 114 valence electrons. The summed E-state index contributed by atoms with van der Waals surface area (Å²) < 4.78 is 25.3. The fourth-order valence-electron chi connectivity index (χ4n) is 2.22. The van der Waals surface area contributed by atoms with Crippen LogP contribution in [-0.4, -0.2) is 32.7 Å². The van der Waals surface area contributed by atoms with Crippen molar-refractivity contribution in [2.45, 2.75) is 24.2 Å². The van der Waals surface area contributed by atoms with Crippen molar-refractivity contribution >= 4 is 21.6 Å². The Morgan fingerprint density at radius 1 is 1.29 bits per heavy atom. The fourth-order valence-corrected chi connectivity index (χ4v) is 3.17.